The van der Waals surface area contributed by atoms with Crippen LogP contribution in [0.15, 0.2) is 517 Å². The van der Waals surface area contributed by atoms with E-state index >= 15 is 0 Å². The van der Waals surface area contributed by atoms with Crippen LogP contribution < -0.4 is 9.80 Å². The lowest BCUT2D eigenvalue weighted by atomic mass is 9.63. The maximum Gasteiger partial charge on any atom is 0.0500 e. The topological polar surface area (TPSA) is 6.48 Å². The van der Waals surface area contributed by atoms with Crippen molar-refractivity contribution in [1.29, 1.82) is 0 Å². The Hall–Kier alpha value is -15.5. The fraction of sp³-hybridized carbons (Fsp3) is 0.0569. The van der Waals surface area contributed by atoms with Gasteiger partial charge in [0.25, 0.3) is 0 Å². The van der Waals surface area contributed by atoms with Crippen LogP contribution in [0.3, 0.4) is 0 Å². The van der Waals surface area contributed by atoms with Crippen molar-refractivity contribution in [1.82, 2.24) is 0 Å². The Morgan fingerprint density at radius 2 is 0.656 bits per heavy atom. The molecule has 0 heterocycles. The summed E-state index contributed by atoms with van der Waals surface area (Å²) in [6.07, 6.45) is 39.6. The third-order valence-electron chi connectivity index (χ3n) is 27.7. The maximum absolute atomic E-state index is 2.48. The first-order chi connectivity index (χ1) is 61.8. The third kappa shape index (κ3) is 12.4. The molecule has 0 radical (unpaired) electrons. The van der Waals surface area contributed by atoms with Crippen LogP contribution in [0, 0.1) is 23.7 Å². The first-order valence-corrected chi connectivity index (χ1v) is 44.0. The van der Waals surface area contributed by atoms with E-state index in [4.69, 9.17) is 0 Å². The summed E-state index contributed by atoms with van der Waals surface area (Å²) in [5, 5.41) is 17.8. The second-order valence-corrected chi connectivity index (χ2v) is 34.8. The van der Waals surface area contributed by atoms with E-state index in [0.717, 1.165) is 22.7 Å². The molecule has 2 nitrogen and oxygen atoms in total. The summed E-state index contributed by atoms with van der Waals surface area (Å²) in [4.78, 5) is 4.88. The van der Waals surface area contributed by atoms with Gasteiger partial charge in [0, 0.05) is 63.2 Å². The van der Waals surface area contributed by atoms with E-state index in [0.29, 0.717) is 11.8 Å². The van der Waals surface area contributed by atoms with Gasteiger partial charge in [0.15, 0.2) is 0 Å². The molecule has 26 rings (SSSR count). The Balaban J connectivity index is 0.000000107. The summed E-state index contributed by atoms with van der Waals surface area (Å²) in [6, 6.07) is 131. The third-order valence-corrected chi connectivity index (χ3v) is 27.7. The van der Waals surface area contributed by atoms with Crippen LogP contribution in [0.25, 0.3) is 125 Å². The Kier molecular flexibility index (Phi) is 17.6. The predicted molar refractivity (Wildman–Crippen MR) is 530 cm³/mol. The quantitative estimate of drug-likeness (QED) is 0.126. The molecule has 0 aliphatic heterocycles. The number of hydrogen-bond donors (Lipinski definition) is 0. The van der Waals surface area contributed by atoms with Gasteiger partial charge >= 0.3 is 0 Å². The van der Waals surface area contributed by atoms with Crippen molar-refractivity contribution in [3.63, 3.8) is 0 Å². The Labute approximate surface area is 729 Å². The van der Waals surface area contributed by atoms with Gasteiger partial charge in [-0.25, -0.2) is 0 Å². The number of nitrogens with zero attached hydrogens (tertiary/aromatic N) is 2. The first kappa shape index (κ1) is 73.4. The fourth-order valence-electron chi connectivity index (χ4n) is 21.8. The highest BCUT2D eigenvalue weighted by molar-refractivity contribution is 6.24. The van der Waals surface area contributed by atoms with E-state index < -0.39 is 0 Å². The van der Waals surface area contributed by atoms with Gasteiger partial charge in [0.2, 0.25) is 0 Å². The molecule has 0 aromatic heterocycles. The van der Waals surface area contributed by atoms with Crippen molar-refractivity contribution in [3.05, 3.63) is 534 Å². The number of hydrogen-bond acceptors (Lipinski definition) is 2. The lowest BCUT2D eigenvalue weighted by Gasteiger charge is -2.45. The van der Waals surface area contributed by atoms with E-state index in [1.165, 1.54) is 198 Å². The molecule has 125 heavy (non-hydrogen) atoms. The largest absolute Gasteiger partial charge is 0.310 e. The zero-order valence-electron chi connectivity index (χ0n) is 69.6. The monoisotopic (exact) mass is 1590 g/mol. The Morgan fingerprint density at radius 1 is 0.232 bits per heavy atom. The standard InChI is InChI=1S/C48H34N2.C41H30.C34H22/c1-3-15-39(16-4-1)49(41-25-19-33-11-7-9-13-37(33)31-41)45-29-23-35-22-28-44-46(30-24-36-21-27-43(45)47(35)48(36)44)50(40-17-5-2-6-18-40)42-26-20-34-12-8-10-14-38(34)32-42;1-41(2)37-23-29(32-12-6-8-25-7-3-4-11-31(25)32)17-20-34(37)35-21-18-30(24-38(35)41)33-19-15-28-14-13-26-9-5-10-27-16-22-36(33)40(28)39(26)27;1-2-12-25-22-26(21-20-23(25)10-1)33-29-15-5-7-17-31(29)34(32-18-8-6-16-30(32)33)28-19-9-13-24-11-3-4-14-27(24)28/h1-32,47-48H;3-24,39-40H,1-2H3;1-22H. The van der Waals surface area contributed by atoms with Gasteiger partial charge in [-0.15, -0.1) is 0 Å². The molecule has 17 aromatic rings. The number of rotatable bonds is 10. The summed E-state index contributed by atoms with van der Waals surface area (Å²) in [5.74, 6) is 1.24. The predicted octanol–water partition coefficient (Wildman–Crippen LogP) is 32.2. The molecule has 2 heteroatoms. The minimum Gasteiger partial charge on any atom is -0.310 e. The highest BCUT2D eigenvalue weighted by Gasteiger charge is 2.44. The van der Waals surface area contributed by atoms with Crippen molar-refractivity contribution in [2.75, 3.05) is 9.80 Å². The smallest absolute Gasteiger partial charge is 0.0500 e. The highest BCUT2D eigenvalue weighted by atomic mass is 15.2. The molecule has 0 spiro atoms. The molecular formula is C123H86N2. The maximum atomic E-state index is 2.48. The molecule has 588 valence electrons. The minimum atomic E-state index is -0.0802. The molecule has 0 fully saturated rings. The molecular weight excluding hydrogens is 1510 g/mol. The van der Waals surface area contributed by atoms with Crippen LogP contribution in [0.2, 0.25) is 0 Å². The lowest BCUT2D eigenvalue weighted by molar-refractivity contribution is 0.551. The lowest BCUT2D eigenvalue weighted by Crippen LogP contribution is -2.35. The SMILES string of the molecule is C1=CC2=C(N(c3ccccc3)c3ccc4ccccc4c3)C=CC3=CC=C4C(N(c5ccccc5)c5ccc6ccccc6c5)=CC=C1C4C32.CC1(C)c2cc(C3=C4C=CC5=CC=CC6=CC=C(C=C3)C4C56)ccc2-c2ccc(-c3cccc4ccccc34)cc21.c1ccc2cc(-c3c4ccccc4c(-c4cccc5ccccc45)c4ccccc34)ccc2c1. The zero-order chi connectivity index (χ0) is 82.8. The van der Waals surface area contributed by atoms with Gasteiger partial charge in [0.1, 0.15) is 0 Å². The molecule has 0 saturated carbocycles. The molecule has 17 aromatic carbocycles. The molecule has 0 N–H and O–H groups in total. The Morgan fingerprint density at radius 3 is 1.28 bits per heavy atom. The summed E-state index contributed by atoms with van der Waals surface area (Å²) >= 11 is 0. The van der Waals surface area contributed by atoms with Gasteiger partial charge in [-0.2, -0.15) is 0 Å². The summed E-state index contributed by atoms with van der Waals surface area (Å²) in [6.45, 7) is 4.79. The van der Waals surface area contributed by atoms with Gasteiger partial charge < -0.3 is 9.80 Å². The van der Waals surface area contributed by atoms with E-state index in [1.54, 1.807) is 0 Å². The van der Waals surface area contributed by atoms with Crippen LogP contribution in [0.5, 0.6) is 0 Å². The van der Waals surface area contributed by atoms with Crippen molar-refractivity contribution in [3.8, 4) is 44.5 Å². The summed E-state index contributed by atoms with van der Waals surface area (Å²) < 4.78 is 0. The van der Waals surface area contributed by atoms with E-state index in [-0.39, 0.29) is 17.3 Å². The second-order valence-electron chi connectivity index (χ2n) is 34.8. The Bertz CT molecular complexity index is 7870. The van der Waals surface area contributed by atoms with Crippen LogP contribution in [-0.4, -0.2) is 0 Å². The first-order valence-electron chi connectivity index (χ1n) is 44.0. The van der Waals surface area contributed by atoms with Gasteiger partial charge in [-0.3, -0.25) is 0 Å². The molecule has 0 amide bonds. The molecule has 4 atom stereocenters. The van der Waals surface area contributed by atoms with Crippen LogP contribution in [0.4, 0.5) is 22.7 Å². The number of allylic oxidation sites excluding steroid dienone is 26. The van der Waals surface area contributed by atoms with Crippen LogP contribution >= 0.6 is 0 Å². The van der Waals surface area contributed by atoms with Crippen molar-refractivity contribution in [2.45, 2.75) is 19.3 Å². The summed E-state index contributed by atoms with van der Waals surface area (Å²) in [7, 11) is 0. The average molecular weight is 1590 g/mol. The van der Waals surface area contributed by atoms with Gasteiger partial charge in [-0.1, -0.05) is 396 Å². The van der Waals surface area contributed by atoms with E-state index in [2.05, 4.69) is 485 Å². The average Bonchev–Trinajstić information content (AvgIpc) is 1.12. The molecule has 0 saturated heterocycles. The van der Waals surface area contributed by atoms with E-state index in [1.807, 2.05) is 0 Å². The van der Waals surface area contributed by atoms with Crippen molar-refractivity contribution < 1.29 is 0 Å². The number of para-hydroxylation sites is 2. The number of benzene rings is 17. The molecule has 9 aliphatic carbocycles. The minimum absolute atomic E-state index is 0.0802. The second kappa shape index (κ2) is 30.0. The number of fused-ring (bicyclic) bond motifs is 10. The van der Waals surface area contributed by atoms with Gasteiger partial charge in [0.05, 0.1) is 0 Å². The summed E-state index contributed by atoms with van der Waals surface area (Å²) in [5.41, 5.74) is 34.2. The molecule has 0 bridgehead atoms. The molecule has 9 aliphatic rings. The highest BCUT2D eigenvalue weighted by Crippen LogP contribution is 2.58. The normalized spacial score (nSPS) is 17.9. The zero-order valence-corrected chi connectivity index (χ0v) is 69.6. The van der Waals surface area contributed by atoms with Crippen LogP contribution in [0.1, 0.15) is 30.5 Å². The van der Waals surface area contributed by atoms with Crippen LogP contribution in [-0.2, 0) is 5.41 Å². The molecule has 4 unspecified atom stereocenters. The fourth-order valence-corrected chi connectivity index (χ4v) is 21.8. The van der Waals surface area contributed by atoms with Crippen molar-refractivity contribution in [2.24, 2.45) is 23.7 Å². The number of anilines is 4. The van der Waals surface area contributed by atoms with E-state index in [9.17, 15) is 0 Å². The van der Waals surface area contributed by atoms with Crippen molar-refractivity contribution >= 4 is 104 Å². The van der Waals surface area contributed by atoms with Gasteiger partial charge in [-0.05, 0) is 266 Å².